The third kappa shape index (κ3) is 4.69. The Kier molecular flexibility index (Phi) is 6.35. The molecule has 3 aromatic rings. The number of aryl methyl sites for hydroxylation is 1. The van der Waals surface area contributed by atoms with E-state index in [4.69, 9.17) is 0 Å². The monoisotopic (exact) mass is 456 g/mol. The number of aromatic nitrogens is 5. The van der Waals surface area contributed by atoms with E-state index in [1.807, 2.05) is 24.3 Å². The number of nitrogens with zero attached hydrogens (tertiary/aromatic N) is 4. The molecule has 8 nitrogen and oxygen atoms in total. The van der Waals surface area contributed by atoms with Crippen molar-refractivity contribution in [3.05, 3.63) is 59.0 Å². The summed E-state index contributed by atoms with van der Waals surface area (Å²) < 4.78 is 30.4. The van der Waals surface area contributed by atoms with Crippen LogP contribution in [0, 0.1) is 12.8 Å². The van der Waals surface area contributed by atoms with Crippen LogP contribution in [-0.2, 0) is 16.6 Å². The van der Waals surface area contributed by atoms with Crippen LogP contribution in [0.15, 0.2) is 36.4 Å². The summed E-state index contributed by atoms with van der Waals surface area (Å²) in [5, 5.41) is 16.8. The summed E-state index contributed by atoms with van der Waals surface area (Å²) in [4.78, 5) is 17.8. The van der Waals surface area contributed by atoms with Gasteiger partial charge < -0.3 is 10.1 Å². The van der Waals surface area contributed by atoms with Gasteiger partial charge in [-0.1, -0.05) is 38.1 Å². The molecule has 2 aromatic heterocycles. The van der Waals surface area contributed by atoms with Gasteiger partial charge in [-0.05, 0) is 65.3 Å². The van der Waals surface area contributed by atoms with Crippen molar-refractivity contribution in [1.29, 1.82) is 0 Å². The average Bonchev–Trinajstić information content (AvgIpc) is 3.25. The number of hydrogen-bond donors (Lipinski definition) is 2. The van der Waals surface area contributed by atoms with E-state index in [1.54, 1.807) is 13.0 Å². The third-order valence-electron chi connectivity index (χ3n) is 6.13. The van der Waals surface area contributed by atoms with Gasteiger partial charge in [0.05, 0.1) is 5.41 Å². The van der Waals surface area contributed by atoms with E-state index >= 15 is 0 Å². The van der Waals surface area contributed by atoms with Gasteiger partial charge in [0.2, 0.25) is 11.8 Å². The highest BCUT2D eigenvalue weighted by Crippen LogP contribution is 2.51. The number of benzene rings is 1. The van der Waals surface area contributed by atoms with E-state index in [2.05, 4.69) is 49.5 Å². The summed E-state index contributed by atoms with van der Waals surface area (Å²) in [5.74, 6) is 0.504. The quantitative estimate of drug-likeness (QED) is 0.527. The second-order valence-electron chi connectivity index (χ2n) is 8.79. The lowest BCUT2D eigenvalue weighted by molar-refractivity contribution is -0.126. The third-order valence-corrected chi connectivity index (χ3v) is 6.13. The van der Waals surface area contributed by atoms with Gasteiger partial charge in [-0.15, -0.1) is 5.10 Å². The molecule has 1 fully saturated rings. The van der Waals surface area contributed by atoms with Crippen molar-refractivity contribution in [1.82, 2.24) is 25.6 Å². The zero-order valence-electron chi connectivity index (χ0n) is 18.7. The Labute approximate surface area is 190 Å². The maximum atomic E-state index is 13.7. The molecule has 1 saturated carbocycles. The van der Waals surface area contributed by atoms with E-state index in [0.29, 0.717) is 30.8 Å². The highest BCUT2D eigenvalue weighted by molar-refractivity contribution is 6.01. The number of H-pyrrole nitrogens is 1. The van der Waals surface area contributed by atoms with Crippen molar-refractivity contribution in [2.45, 2.75) is 58.0 Å². The number of halogens is 2. The fourth-order valence-corrected chi connectivity index (χ4v) is 4.62. The van der Waals surface area contributed by atoms with E-state index < -0.39 is 12.0 Å². The number of aromatic amines is 1. The summed E-state index contributed by atoms with van der Waals surface area (Å²) in [5.41, 5.74) is 1.84. The molecule has 33 heavy (non-hydrogen) atoms. The van der Waals surface area contributed by atoms with Gasteiger partial charge in [-0.3, -0.25) is 4.79 Å². The smallest absolute Gasteiger partial charge is 0.388 e. The minimum atomic E-state index is -3.05. The van der Waals surface area contributed by atoms with E-state index in [1.165, 1.54) is 6.07 Å². The molecule has 1 aliphatic rings. The number of amides is 1. The molecule has 1 aromatic carbocycles. The first kappa shape index (κ1) is 22.8. The highest BCUT2D eigenvalue weighted by atomic mass is 19.3. The van der Waals surface area contributed by atoms with Gasteiger partial charge in [-0.25, -0.2) is 10.1 Å². The van der Waals surface area contributed by atoms with Crippen molar-refractivity contribution >= 4 is 11.6 Å². The molecule has 1 aliphatic carbocycles. The Hall–Kier alpha value is -3.43. The van der Waals surface area contributed by atoms with Crippen LogP contribution in [0.4, 0.5) is 14.5 Å². The van der Waals surface area contributed by atoms with Gasteiger partial charge >= 0.3 is 6.61 Å². The van der Waals surface area contributed by atoms with Crippen LogP contribution in [0.25, 0.3) is 0 Å². The normalized spacial score (nSPS) is 20.0. The largest absolute Gasteiger partial charge is 0.415 e. The van der Waals surface area contributed by atoms with E-state index in [0.717, 1.165) is 11.1 Å². The van der Waals surface area contributed by atoms with Gasteiger partial charge in [-0.2, -0.15) is 8.78 Å². The van der Waals surface area contributed by atoms with Crippen molar-refractivity contribution in [3.8, 4) is 5.88 Å². The topological polar surface area (TPSA) is 106 Å². The second kappa shape index (κ2) is 9.21. The van der Waals surface area contributed by atoms with Crippen molar-refractivity contribution < 1.29 is 18.3 Å². The van der Waals surface area contributed by atoms with Crippen molar-refractivity contribution in [2.75, 3.05) is 5.32 Å². The number of pyridine rings is 1. The number of carbonyl (C=O) groups is 1. The Bertz CT molecular complexity index is 1110. The lowest BCUT2D eigenvalue weighted by atomic mass is 9.56. The Morgan fingerprint density at radius 1 is 1.24 bits per heavy atom. The zero-order valence-corrected chi connectivity index (χ0v) is 18.7. The minimum absolute atomic E-state index is 0.121. The van der Waals surface area contributed by atoms with Crippen LogP contribution in [0.1, 0.15) is 55.3 Å². The molecular formula is C23H26F2N6O2. The standard InChI is InChI=1S/C23H26F2N6O2/c1-13(2)16-6-4-5-7-17(16)23(11-15(12-23)10-19-28-30-31-29-19)21(32)27-18-9-8-14(3)26-20(18)33-22(24)25/h4-9,13,15,22H,10-12H2,1-3H3,(H,27,32)(H,28,29,30,31). The predicted molar refractivity (Wildman–Crippen MR) is 117 cm³/mol. The average molecular weight is 456 g/mol. The molecule has 0 radical (unpaired) electrons. The van der Waals surface area contributed by atoms with Gasteiger partial charge in [0.25, 0.3) is 0 Å². The molecular weight excluding hydrogens is 430 g/mol. The van der Waals surface area contributed by atoms with Crippen LogP contribution >= 0.6 is 0 Å². The minimum Gasteiger partial charge on any atom is -0.415 e. The van der Waals surface area contributed by atoms with Crippen LogP contribution in [0.2, 0.25) is 0 Å². The number of hydrogen-bond acceptors (Lipinski definition) is 6. The maximum absolute atomic E-state index is 13.7. The molecule has 2 heterocycles. The lowest BCUT2D eigenvalue weighted by Crippen LogP contribution is -2.52. The van der Waals surface area contributed by atoms with Crippen LogP contribution in [0.3, 0.4) is 0 Å². The molecule has 1 amide bonds. The maximum Gasteiger partial charge on any atom is 0.388 e. The Morgan fingerprint density at radius 3 is 2.67 bits per heavy atom. The second-order valence-corrected chi connectivity index (χ2v) is 8.79. The number of rotatable bonds is 8. The van der Waals surface area contributed by atoms with Crippen molar-refractivity contribution in [3.63, 3.8) is 0 Å². The molecule has 10 heteroatoms. The Morgan fingerprint density at radius 2 is 2.00 bits per heavy atom. The molecule has 0 spiro atoms. The molecule has 2 N–H and O–H groups in total. The highest BCUT2D eigenvalue weighted by Gasteiger charge is 2.52. The molecule has 0 aliphatic heterocycles. The summed E-state index contributed by atoms with van der Waals surface area (Å²) >= 11 is 0. The summed E-state index contributed by atoms with van der Waals surface area (Å²) in [7, 11) is 0. The van der Waals surface area contributed by atoms with Gasteiger partial charge in [0.1, 0.15) is 11.5 Å². The van der Waals surface area contributed by atoms with E-state index in [-0.39, 0.29) is 29.3 Å². The molecule has 0 saturated heterocycles. The summed E-state index contributed by atoms with van der Waals surface area (Å²) in [6, 6.07) is 11.1. The molecule has 0 atom stereocenters. The number of nitrogens with one attached hydrogen (secondary N) is 2. The van der Waals surface area contributed by atoms with Crippen LogP contribution < -0.4 is 10.1 Å². The first-order valence-electron chi connectivity index (χ1n) is 10.8. The van der Waals surface area contributed by atoms with Gasteiger partial charge in [0, 0.05) is 12.1 Å². The number of tetrazole rings is 1. The number of ether oxygens (including phenoxy) is 1. The first-order chi connectivity index (χ1) is 15.8. The fraction of sp³-hybridized carbons (Fsp3) is 0.435. The lowest BCUT2D eigenvalue weighted by Gasteiger charge is -2.47. The van der Waals surface area contributed by atoms with Crippen molar-refractivity contribution in [2.24, 2.45) is 5.92 Å². The molecule has 4 rings (SSSR count). The SMILES string of the molecule is Cc1ccc(NC(=O)C2(c3ccccc3C(C)C)CC(Cc3nnn[nH]3)C2)c(OC(F)F)n1. The van der Waals surface area contributed by atoms with Crippen LogP contribution in [-0.4, -0.2) is 38.1 Å². The van der Waals surface area contributed by atoms with E-state index in [9.17, 15) is 13.6 Å². The zero-order chi connectivity index (χ0) is 23.6. The molecule has 0 bridgehead atoms. The fourth-order valence-electron chi connectivity index (χ4n) is 4.62. The Balaban J connectivity index is 1.66. The van der Waals surface area contributed by atoms with Gasteiger partial charge in [0.15, 0.2) is 0 Å². The molecule has 174 valence electrons. The molecule has 0 unspecified atom stereocenters. The number of anilines is 1. The summed E-state index contributed by atoms with van der Waals surface area (Å²) in [6.45, 7) is 2.78. The summed E-state index contributed by atoms with van der Waals surface area (Å²) in [6.07, 6.45) is 1.78. The first-order valence-corrected chi connectivity index (χ1v) is 10.8. The van der Waals surface area contributed by atoms with Crippen LogP contribution in [0.5, 0.6) is 5.88 Å². The predicted octanol–water partition coefficient (Wildman–Crippen LogP) is 4.16. The number of carbonyl (C=O) groups excluding carboxylic acids is 1. The number of alkyl halides is 2.